The number of carboxylic acid groups (broad SMARTS) is 1. The average molecular weight is 332 g/mol. The lowest BCUT2D eigenvalue weighted by molar-refractivity contribution is 0.0692. The van der Waals surface area contributed by atoms with Crippen molar-refractivity contribution in [2.45, 2.75) is 6.61 Å². The van der Waals surface area contributed by atoms with Crippen molar-refractivity contribution in [2.75, 3.05) is 0 Å². The molecule has 0 saturated heterocycles. The molecular weight excluding hydrogens is 323 g/mol. The number of carboxylic acids is 1. The van der Waals surface area contributed by atoms with E-state index >= 15 is 0 Å². The van der Waals surface area contributed by atoms with Crippen LogP contribution >= 0.6 is 34.8 Å². The van der Waals surface area contributed by atoms with Gasteiger partial charge in [-0.05, 0) is 30.3 Å². The Morgan fingerprint density at radius 3 is 2.55 bits per heavy atom. The lowest BCUT2D eigenvalue weighted by atomic mass is 10.2. The molecule has 0 aliphatic carbocycles. The summed E-state index contributed by atoms with van der Waals surface area (Å²) in [5.74, 6) is -0.969. The van der Waals surface area contributed by atoms with Gasteiger partial charge >= 0.3 is 5.97 Å². The van der Waals surface area contributed by atoms with Crippen molar-refractivity contribution in [3.63, 3.8) is 0 Å². The quantitative estimate of drug-likeness (QED) is 0.864. The van der Waals surface area contributed by atoms with Crippen LogP contribution in [0.5, 0.6) is 5.75 Å². The summed E-state index contributed by atoms with van der Waals surface area (Å²) in [6.07, 6.45) is 0. The van der Waals surface area contributed by atoms with Crippen LogP contribution in [0, 0.1) is 0 Å². The second kappa shape index (κ2) is 6.35. The van der Waals surface area contributed by atoms with Crippen molar-refractivity contribution in [1.82, 2.24) is 0 Å². The van der Waals surface area contributed by atoms with Crippen molar-refractivity contribution < 1.29 is 14.6 Å². The molecule has 0 spiro atoms. The summed E-state index contributed by atoms with van der Waals surface area (Å²) >= 11 is 17.7. The van der Waals surface area contributed by atoms with Gasteiger partial charge < -0.3 is 9.84 Å². The maximum Gasteiger partial charge on any atom is 0.341 e. The largest absolute Gasteiger partial charge is 0.488 e. The van der Waals surface area contributed by atoms with Gasteiger partial charge in [0.05, 0.1) is 5.02 Å². The Balaban J connectivity index is 2.25. The minimum absolute atomic E-state index is 0.0766. The van der Waals surface area contributed by atoms with Crippen molar-refractivity contribution in [2.24, 2.45) is 0 Å². The van der Waals surface area contributed by atoms with E-state index in [1.165, 1.54) is 12.1 Å². The first-order valence-corrected chi connectivity index (χ1v) is 6.71. The molecule has 0 heterocycles. The predicted molar refractivity (Wildman–Crippen MR) is 79.2 cm³/mol. The Hall–Kier alpha value is -1.42. The Bertz CT molecular complexity index is 656. The van der Waals surface area contributed by atoms with E-state index in [2.05, 4.69) is 0 Å². The third-order valence-electron chi connectivity index (χ3n) is 2.58. The average Bonchev–Trinajstić information content (AvgIpc) is 2.39. The zero-order valence-electron chi connectivity index (χ0n) is 10.1. The van der Waals surface area contributed by atoms with Crippen molar-refractivity contribution in [3.05, 3.63) is 62.6 Å². The van der Waals surface area contributed by atoms with Gasteiger partial charge in [0.15, 0.2) is 0 Å². The van der Waals surface area contributed by atoms with Crippen LogP contribution < -0.4 is 4.74 Å². The minimum atomic E-state index is -1.15. The van der Waals surface area contributed by atoms with E-state index < -0.39 is 5.97 Å². The number of hydrogen-bond acceptors (Lipinski definition) is 2. The highest BCUT2D eigenvalue weighted by Gasteiger charge is 2.16. The van der Waals surface area contributed by atoms with Crippen LogP contribution in [0.2, 0.25) is 15.1 Å². The molecule has 2 aromatic carbocycles. The van der Waals surface area contributed by atoms with Crippen LogP contribution in [0.4, 0.5) is 0 Å². The summed E-state index contributed by atoms with van der Waals surface area (Å²) < 4.78 is 5.49. The number of halogens is 3. The van der Waals surface area contributed by atoms with Crippen LogP contribution in [0.15, 0.2) is 36.4 Å². The molecular formula is C14H9Cl3O3. The maximum absolute atomic E-state index is 11.2. The number of ether oxygens (including phenoxy) is 1. The van der Waals surface area contributed by atoms with Crippen LogP contribution in [-0.4, -0.2) is 11.1 Å². The Kier molecular flexibility index (Phi) is 4.76. The molecule has 2 aromatic rings. The fourth-order valence-electron chi connectivity index (χ4n) is 1.64. The molecule has 0 amide bonds. The summed E-state index contributed by atoms with van der Waals surface area (Å²) in [6.45, 7) is 0.0972. The SMILES string of the molecule is O=C(O)c1c(Cl)cccc1OCc1cc(Cl)ccc1Cl. The smallest absolute Gasteiger partial charge is 0.341 e. The highest BCUT2D eigenvalue weighted by atomic mass is 35.5. The normalized spacial score (nSPS) is 10.3. The maximum atomic E-state index is 11.2. The first kappa shape index (κ1) is 15.0. The molecule has 0 bridgehead atoms. The number of hydrogen-bond donors (Lipinski definition) is 1. The van der Waals surface area contributed by atoms with E-state index in [1.807, 2.05) is 0 Å². The third-order valence-corrected chi connectivity index (χ3v) is 3.50. The van der Waals surface area contributed by atoms with Crippen LogP contribution in [0.25, 0.3) is 0 Å². The van der Waals surface area contributed by atoms with Gasteiger partial charge in [-0.1, -0.05) is 40.9 Å². The van der Waals surface area contributed by atoms with Crippen molar-refractivity contribution in [1.29, 1.82) is 0 Å². The number of benzene rings is 2. The summed E-state index contributed by atoms with van der Waals surface area (Å²) in [6, 6.07) is 9.62. The molecule has 0 atom stereocenters. The fourth-order valence-corrected chi connectivity index (χ4v) is 2.26. The van der Waals surface area contributed by atoms with Gasteiger partial charge in [-0.15, -0.1) is 0 Å². The molecule has 20 heavy (non-hydrogen) atoms. The summed E-state index contributed by atoms with van der Waals surface area (Å²) in [7, 11) is 0. The van der Waals surface area contributed by atoms with Gasteiger partial charge in [0.1, 0.15) is 17.9 Å². The first-order valence-electron chi connectivity index (χ1n) is 5.57. The zero-order valence-corrected chi connectivity index (χ0v) is 12.3. The van der Waals surface area contributed by atoms with E-state index in [4.69, 9.17) is 44.6 Å². The molecule has 0 aliphatic rings. The van der Waals surface area contributed by atoms with E-state index in [0.717, 1.165) is 0 Å². The van der Waals surface area contributed by atoms with E-state index in [1.54, 1.807) is 24.3 Å². The molecule has 104 valence electrons. The lowest BCUT2D eigenvalue weighted by Gasteiger charge is -2.11. The Morgan fingerprint density at radius 2 is 1.85 bits per heavy atom. The van der Waals surface area contributed by atoms with Gasteiger partial charge in [-0.2, -0.15) is 0 Å². The van der Waals surface area contributed by atoms with Crippen molar-refractivity contribution >= 4 is 40.8 Å². The highest BCUT2D eigenvalue weighted by Crippen LogP contribution is 2.28. The van der Waals surface area contributed by atoms with Gasteiger partial charge in [-0.3, -0.25) is 0 Å². The standard InChI is InChI=1S/C14H9Cl3O3/c15-9-4-5-10(16)8(6-9)7-20-12-3-1-2-11(17)13(12)14(18)19/h1-6H,7H2,(H,18,19). The van der Waals surface area contributed by atoms with Gasteiger partial charge in [-0.25, -0.2) is 4.79 Å². The molecule has 1 N–H and O–H groups in total. The molecule has 2 rings (SSSR count). The minimum Gasteiger partial charge on any atom is -0.488 e. The van der Waals surface area contributed by atoms with E-state index in [-0.39, 0.29) is 22.9 Å². The number of aromatic carboxylic acids is 1. The van der Waals surface area contributed by atoms with E-state index in [9.17, 15) is 4.79 Å². The molecule has 0 unspecified atom stereocenters. The summed E-state index contributed by atoms with van der Waals surface area (Å²) in [5, 5.41) is 10.3. The van der Waals surface area contributed by atoms with Gasteiger partial charge in [0.2, 0.25) is 0 Å². The van der Waals surface area contributed by atoms with Gasteiger partial charge in [0, 0.05) is 15.6 Å². The lowest BCUT2D eigenvalue weighted by Crippen LogP contribution is -2.04. The van der Waals surface area contributed by atoms with Gasteiger partial charge in [0.25, 0.3) is 0 Å². The fraction of sp³-hybridized carbons (Fsp3) is 0.0714. The van der Waals surface area contributed by atoms with Crippen LogP contribution in [-0.2, 0) is 6.61 Å². The zero-order chi connectivity index (χ0) is 14.7. The number of rotatable bonds is 4. The second-order valence-electron chi connectivity index (χ2n) is 3.94. The summed E-state index contributed by atoms with van der Waals surface area (Å²) in [5.41, 5.74) is 0.586. The molecule has 0 saturated carbocycles. The Morgan fingerprint density at radius 1 is 1.10 bits per heavy atom. The molecule has 0 fully saturated rings. The summed E-state index contributed by atoms with van der Waals surface area (Å²) in [4.78, 5) is 11.2. The van der Waals surface area contributed by atoms with E-state index in [0.29, 0.717) is 15.6 Å². The third kappa shape index (κ3) is 3.37. The van der Waals surface area contributed by atoms with Crippen LogP contribution in [0.1, 0.15) is 15.9 Å². The Labute approximate surface area is 130 Å². The second-order valence-corrected chi connectivity index (χ2v) is 5.19. The molecule has 3 nitrogen and oxygen atoms in total. The monoisotopic (exact) mass is 330 g/mol. The molecule has 0 radical (unpaired) electrons. The molecule has 0 aromatic heterocycles. The number of carbonyl (C=O) groups is 1. The predicted octanol–water partition coefficient (Wildman–Crippen LogP) is 4.92. The molecule has 6 heteroatoms. The first-order chi connectivity index (χ1) is 9.49. The van der Waals surface area contributed by atoms with Crippen molar-refractivity contribution in [3.8, 4) is 5.75 Å². The molecule has 0 aliphatic heterocycles. The van der Waals surface area contributed by atoms with Crippen LogP contribution in [0.3, 0.4) is 0 Å². The topological polar surface area (TPSA) is 46.5 Å². The highest BCUT2D eigenvalue weighted by molar-refractivity contribution is 6.34.